The molecule has 0 aliphatic rings. The molecule has 0 aliphatic heterocycles. The van der Waals surface area contributed by atoms with E-state index in [0.717, 1.165) is 5.69 Å². The van der Waals surface area contributed by atoms with Gasteiger partial charge in [0.2, 0.25) is 5.91 Å². The van der Waals surface area contributed by atoms with E-state index < -0.39 is 0 Å². The molecular weight excluding hydrogens is 380 g/mol. The largest absolute Gasteiger partial charge is 0.495 e. The van der Waals surface area contributed by atoms with Crippen molar-refractivity contribution in [1.29, 1.82) is 0 Å². The van der Waals surface area contributed by atoms with Crippen LogP contribution in [0.4, 0.5) is 5.69 Å². The second kappa shape index (κ2) is 8.75. The van der Waals surface area contributed by atoms with Gasteiger partial charge >= 0.3 is 0 Å². The maximum absolute atomic E-state index is 12.4. The third-order valence-electron chi connectivity index (χ3n) is 4.29. The van der Waals surface area contributed by atoms with Crippen LogP contribution in [0.2, 0.25) is 5.02 Å². The molecule has 0 fully saturated rings. The summed E-state index contributed by atoms with van der Waals surface area (Å²) < 4.78 is 5.27. The number of halogens is 1. The van der Waals surface area contributed by atoms with Crippen LogP contribution in [-0.4, -0.2) is 41.5 Å². The molecule has 1 heterocycles. The molecule has 0 bridgehead atoms. The molecule has 3 rings (SSSR count). The summed E-state index contributed by atoms with van der Waals surface area (Å²) in [5, 5.41) is 4.27. The van der Waals surface area contributed by atoms with Gasteiger partial charge in [-0.3, -0.25) is 9.59 Å². The molecule has 0 atom stereocenters. The zero-order chi connectivity index (χ0) is 20.1. The van der Waals surface area contributed by atoms with Crippen LogP contribution in [0.25, 0.3) is 10.9 Å². The number of nitrogens with zero attached hydrogens (tertiary/aromatic N) is 2. The SMILES string of the molecule is COc1ccc(Cl)cc1NCCC(=O)N(C)Cc1nc2ccccc2c(=O)[nH]1. The molecule has 0 spiro atoms. The number of H-pyrrole nitrogens is 1. The van der Waals surface area contributed by atoms with Gasteiger partial charge in [0, 0.05) is 25.0 Å². The number of ether oxygens (including phenoxy) is 1. The fourth-order valence-electron chi connectivity index (χ4n) is 2.84. The summed E-state index contributed by atoms with van der Waals surface area (Å²) in [4.78, 5) is 33.2. The third-order valence-corrected chi connectivity index (χ3v) is 4.53. The van der Waals surface area contributed by atoms with Gasteiger partial charge in [0.05, 0.1) is 30.2 Å². The van der Waals surface area contributed by atoms with Crippen molar-refractivity contribution in [3.05, 3.63) is 63.7 Å². The number of hydrogen-bond donors (Lipinski definition) is 2. The Hall–Kier alpha value is -3.06. The Balaban J connectivity index is 1.59. The zero-order valence-corrected chi connectivity index (χ0v) is 16.4. The number of fused-ring (bicyclic) bond motifs is 1. The molecule has 146 valence electrons. The number of carbonyl (C=O) groups excluding carboxylic acids is 1. The van der Waals surface area contributed by atoms with Gasteiger partial charge in [0.1, 0.15) is 11.6 Å². The highest BCUT2D eigenvalue weighted by molar-refractivity contribution is 6.30. The van der Waals surface area contributed by atoms with Crippen molar-refractivity contribution in [2.45, 2.75) is 13.0 Å². The predicted octanol–water partition coefficient (Wildman–Crippen LogP) is 3.05. The summed E-state index contributed by atoms with van der Waals surface area (Å²) in [6.45, 7) is 0.640. The Bertz CT molecular complexity index is 1050. The van der Waals surface area contributed by atoms with Crippen LogP contribution in [0.1, 0.15) is 12.2 Å². The summed E-state index contributed by atoms with van der Waals surface area (Å²) in [6, 6.07) is 12.4. The van der Waals surface area contributed by atoms with Gasteiger partial charge in [0.25, 0.3) is 5.56 Å². The molecule has 8 heteroatoms. The van der Waals surface area contributed by atoms with E-state index in [1.165, 1.54) is 4.90 Å². The Morgan fingerprint density at radius 2 is 2.07 bits per heavy atom. The molecule has 1 amide bonds. The number of hydrogen-bond acceptors (Lipinski definition) is 5. The number of aromatic nitrogens is 2. The van der Waals surface area contributed by atoms with Crippen molar-refractivity contribution in [3.63, 3.8) is 0 Å². The minimum absolute atomic E-state index is 0.0793. The molecule has 0 saturated carbocycles. The van der Waals surface area contributed by atoms with Crippen LogP contribution in [-0.2, 0) is 11.3 Å². The average Bonchev–Trinajstić information content (AvgIpc) is 2.68. The van der Waals surface area contributed by atoms with Crippen LogP contribution in [0.15, 0.2) is 47.3 Å². The van der Waals surface area contributed by atoms with Gasteiger partial charge in [0.15, 0.2) is 0 Å². The molecule has 0 saturated heterocycles. The quantitative estimate of drug-likeness (QED) is 0.636. The number of para-hydroxylation sites is 1. The molecule has 0 unspecified atom stereocenters. The van der Waals surface area contributed by atoms with E-state index in [2.05, 4.69) is 15.3 Å². The fraction of sp³-hybridized carbons (Fsp3) is 0.250. The van der Waals surface area contributed by atoms with E-state index in [-0.39, 0.29) is 24.4 Å². The van der Waals surface area contributed by atoms with Crippen molar-refractivity contribution in [2.24, 2.45) is 0 Å². The van der Waals surface area contributed by atoms with Crippen molar-refractivity contribution >= 4 is 34.1 Å². The van der Waals surface area contributed by atoms with Gasteiger partial charge in [-0.1, -0.05) is 23.7 Å². The lowest BCUT2D eigenvalue weighted by Crippen LogP contribution is -2.29. The van der Waals surface area contributed by atoms with Crippen LogP contribution in [0.3, 0.4) is 0 Å². The first-order valence-corrected chi connectivity index (χ1v) is 9.15. The van der Waals surface area contributed by atoms with E-state index in [1.807, 2.05) is 6.07 Å². The van der Waals surface area contributed by atoms with Crippen LogP contribution in [0.5, 0.6) is 5.75 Å². The van der Waals surface area contributed by atoms with Crippen molar-refractivity contribution in [2.75, 3.05) is 26.0 Å². The highest BCUT2D eigenvalue weighted by Crippen LogP contribution is 2.27. The molecule has 28 heavy (non-hydrogen) atoms. The molecule has 1 aromatic heterocycles. The standard InChI is InChI=1S/C20H21ClN4O3/c1-25(12-18-23-15-6-4-3-5-14(15)20(27)24-18)19(26)9-10-22-16-11-13(21)7-8-17(16)28-2/h3-8,11,22H,9-10,12H2,1-2H3,(H,23,24,27). The van der Waals surface area contributed by atoms with E-state index in [4.69, 9.17) is 16.3 Å². The predicted molar refractivity (Wildman–Crippen MR) is 110 cm³/mol. The second-order valence-corrected chi connectivity index (χ2v) is 6.74. The lowest BCUT2D eigenvalue weighted by molar-refractivity contribution is -0.130. The second-order valence-electron chi connectivity index (χ2n) is 6.30. The minimum atomic E-state index is -0.212. The lowest BCUT2D eigenvalue weighted by atomic mass is 10.2. The Labute approximate surface area is 167 Å². The summed E-state index contributed by atoms with van der Waals surface area (Å²) in [5.74, 6) is 1.02. The molecule has 3 aromatic rings. The molecular formula is C20H21ClN4O3. The average molecular weight is 401 g/mol. The highest BCUT2D eigenvalue weighted by Gasteiger charge is 2.12. The Morgan fingerprint density at radius 3 is 2.86 bits per heavy atom. The third kappa shape index (κ3) is 4.61. The molecule has 0 radical (unpaired) electrons. The topological polar surface area (TPSA) is 87.3 Å². The van der Waals surface area contributed by atoms with E-state index in [1.54, 1.807) is 50.6 Å². The summed E-state index contributed by atoms with van der Waals surface area (Å²) >= 11 is 6.00. The summed E-state index contributed by atoms with van der Waals surface area (Å²) in [6.07, 6.45) is 0.268. The number of carbonyl (C=O) groups is 1. The monoisotopic (exact) mass is 400 g/mol. The molecule has 7 nitrogen and oxygen atoms in total. The first-order chi connectivity index (χ1) is 13.5. The smallest absolute Gasteiger partial charge is 0.258 e. The van der Waals surface area contributed by atoms with E-state index in [0.29, 0.717) is 34.0 Å². The van der Waals surface area contributed by atoms with Crippen molar-refractivity contribution in [1.82, 2.24) is 14.9 Å². The maximum Gasteiger partial charge on any atom is 0.258 e. The van der Waals surface area contributed by atoms with Crippen LogP contribution < -0.4 is 15.6 Å². The van der Waals surface area contributed by atoms with Gasteiger partial charge in [-0.05, 0) is 30.3 Å². The number of anilines is 1. The molecule has 0 aliphatic carbocycles. The number of nitrogens with one attached hydrogen (secondary N) is 2. The first kappa shape index (κ1) is 19.7. The first-order valence-electron chi connectivity index (χ1n) is 8.77. The van der Waals surface area contributed by atoms with Gasteiger partial charge < -0.3 is 19.9 Å². The van der Waals surface area contributed by atoms with E-state index in [9.17, 15) is 9.59 Å². The van der Waals surface area contributed by atoms with Gasteiger partial charge in [-0.25, -0.2) is 4.98 Å². The minimum Gasteiger partial charge on any atom is -0.495 e. The van der Waals surface area contributed by atoms with Crippen LogP contribution in [0, 0.1) is 0 Å². The number of benzene rings is 2. The zero-order valence-electron chi connectivity index (χ0n) is 15.7. The molecule has 2 N–H and O–H groups in total. The maximum atomic E-state index is 12.4. The van der Waals surface area contributed by atoms with Gasteiger partial charge in [-0.2, -0.15) is 0 Å². The fourth-order valence-corrected chi connectivity index (χ4v) is 3.01. The highest BCUT2D eigenvalue weighted by atomic mass is 35.5. The van der Waals surface area contributed by atoms with Crippen LogP contribution >= 0.6 is 11.6 Å². The summed E-state index contributed by atoms with van der Waals surface area (Å²) in [5.41, 5.74) is 1.12. The molecule has 2 aromatic carbocycles. The normalized spacial score (nSPS) is 10.7. The van der Waals surface area contributed by atoms with E-state index >= 15 is 0 Å². The Morgan fingerprint density at radius 1 is 1.29 bits per heavy atom. The number of amides is 1. The number of methoxy groups -OCH3 is 1. The Kier molecular flexibility index (Phi) is 6.16. The van der Waals surface area contributed by atoms with Gasteiger partial charge in [-0.15, -0.1) is 0 Å². The van der Waals surface area contributed by atoms with Crippen molar-refractivity contribution in [3.8, 4) is 5.75 Å². The van der Waals surface area contributed by atoms with Crippen molar-refractivity contribution < 1.29 is 9.53 Å². The number of aromatic amines is 1. The lowest BCUT2D eigenvalue weighted by Gasteiger charge is -2.17. The summed E-state index contributed by atoms with van der Waals surface area (Å²) in [7, 11) is 3.25. The number of rotatable bonds is 7.